The molecule has 0 aromatic carbocycles. The SMILES string of the molecule is CCCCCCCCC(=O)NCC(=O)N1CCCC1C(N)=O. The molecule has 1 atom stereocenters. The molecule has 1 unspecified atom stereocenters. The van der Waals surface area contributed by atoms with Crippen molar-refractivity contribution in [2.24, 2.45) is 5.73 Å². The lowest BCUT2D eigenvalue weighted by molar-refractivity contribution is -0.137. The molecule has 0 radical (unpaired) electrons. The third kappa shape index (κ3) is 6.45. The molecule has 126 valence electrons. The Morgan fingerprint density at radius 3 is 2.50 bits per heavy atom. The van der Waals surface area contributed by atoms with Crippen molar-refractivity contribution in [3.63, 3.8) is 0 Å². The van der Waals surface area contributed by atoms with E-state index in [4.69, 9.17) is 5.73 Å². The van der Waals surface area contributed by atoms with Crippen LogP contribution in [-0.4, -0.2) is 41.8 Å². The van der Waals surface area contributed by atoms with E-state index in [1.807, 2.05) is 0 Å². The second-order valence-electron chi connectivity index (χ2n) is 5.94. The van der Waals surface area contributed by atoms with Crippen LogP contribution in [0.1, 0.15) is 64.7 Å². The predicted molar refractivity (Wildman–Crippen MR) is 84.9 cm³/mol. The molecule has 22 heavy (non-hydrogen) atoms. The summed E-state index contributed by atoms with van der Waals surface area (Å²) in [5.41, 5.74) is 5.28. The molecule has 0 saturated carbocycles. The van der Waals surface area contributed by atoms with E-state index in [0.29, 0.717) is 19.4 Å². The van der Waals surface area contributed by atoms with Crippen LogP contribution in [-0.2, 0) is 14.4 Å². The fraction of sp³-hybridized carbons (Fsp3) is 0.812. The first-order valence-corrected chi connectivity index (χ1v) is 8.41. The van der Waals surface area contributed by atoms with E-state index >= 15 is 0 Å². The number of nitrogens with two attached hydrogens (primary N) is 1. The Morgan fingerprint density at radius 2 is 1.82 bits per heavy atom. The molecule has 1 heterocycles. The maximum atomic E-state index is 12.0. The van der Waals surface area contributed by atoms with Gasteiger partial charge in [0.05, 0.1) is 6.54 Å². The van der Waals surface area contributed by atoms with Gasteiger partial charge in [-0.2, -0.15) is 0 Å². The highest BCUT2D eigenvalue weighted by Gasteiger charge is 2.32. The standard InChI is InChI=1S/C16H29N3O3/c1-2-3-4-5-6-7-10-14(20)18-12-15(21)19-11-8-9-13(19)16(17)22/h13H,2-12H2,1H3,(H2,17,22)(H,18,20). The first-order valence-electron chi connectivity index (χ1n) is 8.41. The van der Waals surface area contributed by atoms with E-state index in [2.05, 4.69) is 12.2 Å². The van der Waals surface area contributed by atoms with Gasteiger partial charge in [-0.25, -0.2) is 0 Å². The molecule has 0 aromatic rings. The summed E-state index contributed by atoms with van der Waals surface area (Å²) in [5, 5.41) is 2.64. The largest absolute Gasteiger partial charge is 0.368 e. The fourth-order valence-corrected chi connectivity index (χ4v) is 2.79. The van der Waals surface area contributed by atoms with Crippen LogP contribution in [0.25, 0.3) is 0 Å². The molecular formula is C16H29N3O3. The minimum atomic E-state index is -0.511. The maximum Gasteiger partial charge on any atom is 0.242 e. The number of carbonyl (C=O) groups is 3. The van der Waals surface area contributed by atoms with Gasteiger partial charge in [0.2, 0.25) is 17.7 Å². The van der Waals surface area contributed by atoms with Crippen molar-refractivity contribution in [3.8, 4) is 0 Å². The summed E-state index contributed by atoms with van der Waals surface area (Å²) in [6.07, 6.45) is 8.61. The summed E-state index contributed by atoms with van der Waals surface area (Å²) in [7, 11) is 0. The number of unbranched alkanes of at least 4 members (excludes halogenated alkanes) is 5. The van der Waals surface area contributed by atoms with Crippen molar-refractivity contribution in [1.82, 2.24) is 10.2 Å². The topological polar surface area (TPSA) is 92.5 Å². The summed E-state index contributed by atoms with van der Waals surface area (Å²) >= 11 is 0. The molecule has 0 aromatic heterocycles. The van der Waals surface area contributed by atoms with Crippen LogP contribution in [0.5, 0.6) is 0 Å². The highest BCUT2D eigenvalue weighted by molar-refractivity contribution is 5.90. The van der Waals surface area contributed by atoms with Crippen molar-refractivity contribution in [2.45, 2.75) is 70.8 Å². The number of likely N-dealkylation sites (tertiary alicyclic amines) is 1. The summed E-state index contributed by atoms with van der Waals surface area (Å²) in [6.45, 7) is 2.67. The molecule has 0 spiro atoms. The number of carbonyl (C=O) groups excluding carboxylic acids is 3. The number of amides is 3. The molecule has 1 aliphatic rings. The zero-order valence-electron chi connectivity index (χ0n) is 13.6. The molecule has 3 N–H and O–H groups in total. The Balaban J connectivity index is 2.15. The van der Waals surface area contributed by atoms with Gasteiger partial charge in [-0.3, -0.25) is 14.4 Å². The van der Waals surface area contributed by atoms with Gasteiger partial charge in [0.15, 0.2) is 0 Å². The molecule has 3 amide bonds. The highest BCUT2D eigenvalue weighted by atomic mass is 16.2. The molecule has 0 bridgehead atoms. The smallest absolute Gasteiger partial charge is 0.242 e. The highest BCUT2D eigenvalue weighted by Crippen LogP contribution is 2.16. The summed E-state index contributed by atoms with van der Waals surface area (Å²) < 4.78 is 0. The van der Waals surface area contributed by atoms with Gasteiger partial charge in [0.25, 0.3) is 0 Å². The van der Waals surface area contributed by atoms with Crippen molar-refractivity contribution in [3.05, 3.63) is 0 Å². The van der Waals surface area contributed by atoms with Gasteiger partial charge in [-0.05, 0) is 19.3 Å². The van der Waals surface area contributed by atoms with E-state index < -0.39 is 11.9 Å². The van der Waals surface area contributed by atoms with Crippen LogP contribution in [0, 0.1) is 0 Å². The lowest BCUT2D eigenvalue weighted by Gasteiger charge is -2.22. The zero-order chi connectivity index (χ0) is 16.4. The normalized spacial score (nSPS) is 17.5. The average Bonchev–Trinajstić information content (AvgIpc) is 2.98. The number of nitrogens with zero attached hydrogens (tertiary/aromatic N) is 1. The number of hydrogen-bond donors (Lipinski definition) is 2. The Morgan fingerprint density at radius 1 is 1.14 bits per heavy atom. The maximum absolute atomic E-state index is 12.0. The summed E-state index contributed by atoms with van der Waals surface area (Å²) in [6, 6.07) is -0.511. The van der Waals surface area contributed by atoms with Crippen LogP contribution in [0.4, 0.5) is 0 Å². The zero-order valence-corrected chi connectivity index (χ0v) is 13.6. The van der Waals surface area contributed by atoms with Crippen LogP contribution in [0.3, 0.4) is 0 Å². The van der Waals surface area contributed by atoms with Crippen molar-refractivity contribution in [2.75, 3.05) is 13.1 Å². The lowest BCUT2D eigenvalue weighted by atomic mass is 10.1. The third-order valence-electron chi connectivity index (χ3n) is 4.10. The summed E-state index contributed by atoms with van der Waals surface area (Å²) in [5.74, 6) is -0.791. The number of rotatable bonds is 10. The number of nitrogens with one attached hydrogen (secondary N) is 1. The Kier molecular flexibility index (Phi) is 8.55. The van der Waals surface area contributed by atoms with Gasteiger partial charge in [-0.1, -0.05) is 39.0 Å². The van der Waals surface area contributed by atoms with E-state index in [-0.39, 0.29) is 18.4 Å². The first-order chi connectivity index (χ1) is 10.6. The Labute approximate surface area is 132 Å². The van der Waals surface area contributed by atoms with E-state index in [9.17, 15) is 14.4 Å². The van der Waals surface area contributed by atoms with Gasteiger partial charge in [0.1, 0.15) is 6.04 Å². The second kappa shape index (κ2) is 10.2. The predicted octanol–water partition coefficient (Wildman–Crippen LogP) is 1.33. The lowest BCUT2D eigenvalue weighted by Crippen LogP contribution is -2.47. The quantitative estimate of drug-likeness (QED) is 0.596. The molecule has 1 aliphatic heterocycles. The van der Waals surface area contributed by atoms with E-state index in [0.717, 1.165) is 25.7 Å². The number of hydrogen-bond acceptors (Lipinski definition) is 3. The fourth-order valence-electron chi connectivity index (χ4n) is 2.79. The molecule has 1 fully saturated rings. The van der Waals surface area contributed by atoms with Crippen molar-refractivity contribution in [1.29, 1.82) is 0 Å². The van der Waals surface area contributed by atoms with Gasteiger partial charge < -0.3 is 16.0 Å². The summed E-state index contributed by atoms with van der Waals surface area (Å²) in [4.78, 5) is 36.4. The molecule has 6 heteroatoms. The van der Waals surface area contributed by atoms with Crippen LogP contribution >= 0.6 is 0 Å². The van der Waals surface area contributed by atoms with Crippen LogP contribution in [0.15, 0.2) is 0 Å². The number of primary amides is 1. The Hall–Kier alpha value is -1.59. The van der Waals surface area contributed by atoms with Gasteiger partial charge >= 0.3 is 0 Å². The van der Waals surface area contributed by atoms with E-state index in [1.165, 1.54) is 24.2 Å². The molecule has 6 nitrogen and oxygen atoms in total. The minimum Gasteiger partial charge on any atom is -0.368 e. The van der Waals surface area contributed by atoms with Crippen molar-refractivity contribution < 1.29 is 14.4 Å². The average molecular weight is 311 g/mol. The van der Waals surface area contributed by atoms with Gasteiger partial charge in [-0.15, -0.1) is 0 Å². The van der Waals surface area contributed by atoms with Crippen molar-refractivity contribution >= 4 is 17.7 Å². The third-order valence-corrected chi connectivity index (χ3v) is 4.10. The second-order valence-corrected chi connectivity index (χ2v) is 5.94. The van der Waals surface area contributed by atoms with Crippen LogP contribution in [0.2, 0.25) is 0 Å². The van der Waals surface area contributed by atoms with E-state index in [1.54, 1.807) is 0 Å². The molecular weight excluding hydrogens is 282 g/mol. The Bertz CT molecular complexity index is 385. The van der Waals surface area contributed by atoms with Crippen LogP contribution < -0.4 is 11.1 Å². The van der Waals surface area contributed by atoms with Gasteiger partial charge in [0, 0.05) is 13.0 Å². The first kappa shape index (κ1) is 18.5. The molecule has 1 saturated heterocycles. The minimum absolute atomic E-state index is 0.0432. The molecule has 0 aliphatic carbocycles. The monoisotopic (exact) mass is 311 g/mol. The molecule has 1 rings (SSSR count).